The van der Waals surface area contributed by atoms with Crippen molar-refractivity contribution in [1.82, 2.24) is 5.32 Å². The summed E-state index contributed by atoms with van der Waals surface area (Å²) in [5, 5.41) is 3.09. The molecule has 0 aromatic rings. The number of rotatable bonds is 5. The second-order valence-corrected chi connectivity index (χ2v) is 2.12. The highest BCUT2D eigenvalue weighted by molar-refractivity contribution is 5.85. The van der Waals surface area contributed by atoms with E-state index in [1.54, 1.807) is 0 Å². The molecular formula is C8H16ClN. The van der Waals surface area contributed by atoms with Gasteiger partial charge in [0.2, 0.25) is 0 Å². The summed E-state index contributed by atoms with van der Waals surface area (Å²) in [4.78, 5) is 0. The third-order valence-corrected chi connectivity index (χ3v) is 1.25. The van der Waals surface area contributed by atoms with Crippen molar-refractivity contribution >= 4 is 12.4 Å². The summed E-state index contributed by atoms with van der Waals surface area (Å²) < 4.78 is 0. The molecule has 0 bridgehead atoms. The van der Waals surface area contributed by atoms with Gasteiger partial charge in [0.25, 0.3) is 0 Å². The fourth-order valence-electron chi connectivity index (χ4n) is 0.706. The van der Waals surface area contributed by atoms with Gasteiger partial charge in [-0.05, 0) is 26.4 Å². The maximum absolute atomic E-state index is 5.08. The molecule has 1 N–H and O–H groups in total. The van der Waals surface area contributed by atoms with E-state index in [4.69, 9.17) is 6.42 Å². The van der Waals surface area contributed by atoms with Crippen LogP contribution < -0.4 is 5.32 Å². The Balaban J connectivity index is 0. The molecule has 0 aliphatic rings. The molecule has 0 aliphatic heterocycles. The normalized spacial score (nSPS) is 8.00. The van der Waals surface area contributed by atoms with Gasteiger partial charge in [0.1, 0.15) is 0 Å². The fourth-order valence-corrected chi connectivity index (χ4v) is 0.706. The second-order valence-electron chi connectivity index (χ2n) is 2.12. The number of hydrogen-bond acceptors (Lipinski definition) is 1. The lowest BCUT2D eigenvalue weighted by Crippen LogP contribution is -2.06. The van der Waals surface area contributed by atoms with Gasteiger partial charge in [-0.2, -0.15) is 0 Å². The van der Waals surface area contributed by atoms with Crippen molar-refractivity contribution < 1.29 is 0 Å². The molecule has 0 spiro atoms. The van der Waals surface area contributed by atoms with E-state index >= 15 is 0 Å². The van der Waals surface area contributed by atoms with E-state index in [0.29, 0.717) is 0 Å². The molecule has 0 amide bonds. The summed E-state index contributed by atoms with van der Waals surface area (Å²) in [6.45, 7) is 1.12. The van der Waals surface area contributed by atoms with Gasteiger partial charge in [-0.15, -0.1) is 24.8 Å². The van der Waals surface area contributed by atoms with Crippen LogP contribution in [0.25, 0.3) is 0 Å². The standard InChI is InChI=1S/C8H15N.ClH/c1-3-4-5-6-7-8-9-2;/h1,9H,4-8H2,2H3;1H. The summed E-state index contributed by atoms with van der Waals surface area (Å²) in [5.74, 6) is 2.62. The number of hydrogen-bond donors (Lipinski definition) is 1. The molecule has 0 fully saturated rings. The van der Waals surface area contributed by atoms with Gasteiger partial charge in [0, 0.05) is 6.42 Å². The van der Waals surface area contributed by atoms with Crippen LogP contribution in [0.1, 0.15) is 25.7 Å². The topological polar surface area (TPSA) is 12.0 Å². The third-order valence-electron chi connectivity index (χ3n) is 1.25. The summed E-state index contributed by atoms with van der Waals surface area (Å²) in [5.41, 5.74) is 0. The van der Waals surface area contributed by atoms with E-state index < -0.39 is 0 Å². The van der Waals surface area contributed by atoms with Gasteiger partial charge in [-0.3, -0.25) is 0 Å². The van der Waals surface area contributed by atoms with Crippen LogP contribution in [-0.4, -0.2) is 13.6 Å². The lowest BCUT2D eigenvalue weighted by Gasteiger charge is -1.95. The maximum Gasteiger partial charge on any atom is 0.00860 e. The van der Waals surface area contributed by atoms with Crippen LogP contribution in [0.2, 0.25) is 0 Å². The Morgan fingerprint density at radius 1 is 1.30 bits per heavy atom. The summed E-state index contributed by atoms with van der Waals surface area (Å²) in [7, 11) is 1.97. The summed E-state index contributed by atoms with van der Waals surface area (Å²) in [6, 6.07) is 0. The molecule has 2 heteroatoms. The van der Waals surface area contributed by atoms with Crippen LogP contribution >= 0.6 is 12.4 Å². The Morgan fingerprint density at radius 3 is 2.50 bits per heavy atom. The molecule has 1 nitrogen and oxygen atoms in total. The first-order chi connectivity index (χ1) is 4.41. The monoisotopic (exact) mass is 161 g/mol. The highest BCUT2D eigenvalue weighted by atomic mass is 35.5. The van der Waals surface area contributed by atoms with Gasteiger partial charge in [0.15, 0.2) is 0 Å². The van der Waals surface area contributed by atoms with Crippen LogP contribution in [0.5, 0.6) is 0 Å². The van der Waals surface area contributed by atoms with Crippen LogP contribution in [0.3, 0.4) is 0 Å². The van der Waals surface area contributed by atoms with Gasteiger partial charge < -0.3 is 5.32 Å². The first-order valence-corrected chi connectivity index (χ1v) is 3.50. The van der Waals surface area contributed by atoms with E-state index in [9.17, 15) is 0 Å². The predicted molar refractivity (Wildman–Crippen MR) is 48.5 cm³/mol. The maximum atomic E-state index is 5.08. The number of halogens is 1. The number of nitrogens with one attached hydrogen (secondary N) is 1. The average Bonchev–Trinajstić information content (AvgIpc) is 1.89. The smallest absolute Gasteiger partial charge is 0.00860 e. The molecule has 0 aromatic carbocycles. The number of terminal acetylenes is 1. The summed E-state index contributed by atoms with van der Waals surface area (Å²) >= 11 is 0. The first kappa shape index (κ1) is 12.5. The Bertz CT molecular complexity index is 85.7. The third kappa shape index (κ3) is 10.7. The molecule has 0 aliphatic carbocycles. The van der Waals surface area contributed by atoms with Crippen molar-refractivity contribution in [2.75, 3.05) is 13.6 Å². The van der Waals surface area contributed by atoms with Crippen LogP contribution in [0.15, 0.2) is 0 Å². The molecule has 0 aromatic heterocycles. The van der Waals surface area contributed by atoms with Crippen molar-refractivity contribution in [3.05, 3.63) is 0 Å². The Morgan fingerprint density at radius 2 is 2.00 bits per heavy atom. The van der Waals surface area contributed by atoms with Crippen molar-refractivity contribution in [1.29, 1.82) is 0 Å². The van der Waals surface area contributed by atoms with Crippen LogP contribution in [-0.2, 0) is 0 Å². The van der Waals surface area contributed by atoms with Crippen molar-refractivity contribution in [2.24, 2.45) is 0 Å². The minimum absolute atomic E-state index is 0. The van der Waals surface area contributed by atoms with Crippen molar-refractivity contribution in [2.45, 2.75) is 25.7 Å². The minimum Gasteiger partial charge on any atom is -0.320 e. The van der Waals surface area contributed by atoms with E-state index in [0.717, 1.165) is 13.0 Å². The van der Waals surface area contributed by atoms with Crippen molar-refractivity contribution in [3.63, 3.8) is 0 Å². The van der Waals surface area contributed by atoms with E-state index in [1.807, 2.05) is 7.05 Å². The molecule has 0 rings (SSSR count). The van der Waals surface area contributed by atoms with Gasteiger partial charge in [0.05, 0.1) is 0 Å². The SMILES string of the molecule is C#CCCCCCNC.Cl. The molecule has 0 radical (unpaired) electrons. The van der Waals surface area contributed by atoms with Crippen LogP contribution in [0.4, 0.5) is 0 Å². The second kappa shape index (κ2) is 11.6. The lowest BCUT2D eigenvalue weighted by molar-refractivity contribution is 0.651. The zero-order valence-corrected chi connectivity index (χ0v) is 7.34. The van der Waals surface area contributed by atoms with E-state index in [1.165, 1.54) is 19.3 Å². The Hall–Kier alpha value is -0.190. The molecular weight excluding hydrogens is 146 g/mol. The highest BCUT2D eigenvalue weighted by Crippen LogP contribution is 1.96. The molecule has 0 saturated heterocycles. The fraction of sp³-hybridized carbons (Fsp3) is 0.750. The molecule has 0 heterocycles. The van der Waals surface area contributed by atoms with Gasteiger partial charge in [-0.25, -0.2) is 0 Å². The number of unbranched alkanes of at least 4 members (excludes halogenated alkanes) is 3. The molecule has 10 heavy (non-hydrogen) atoms. The average molecular weight is 162 g/mol. The van der Waals surface area contributed by atoms with Crippen molar-refractivity contribution in [3.8, 4) is 12.3 Å². The molecule has 0 unspecified atom stereocenters. The summed E-state index contributed by atoms with van der Waals surface area (Å²) in [6.07, 6.45) is 9.69. The zero-order chi connectivity index (χ0) is 6.95. The highest BCUT2D eigenvalue weighted by Gasteiger charge is 1.84. The minimum atomic E-state index is 0. The van der Waals surface area contributed by atoms with E-state index in [-0.39, 0.29) is 12.4 Å². The first-order valence-electron chi connectivity index (χ1n) is 3.50. The molecule has 60 valence electrons. The van der Waals surface area contributed by atoms with Gasteiger partial charge >= 0.3 is 0 Å². The van der Waals surface area contributed by atoms with Gasteiger partial charge in [-0.1, -0.05) is 6.42 Å². The van der Waals surface area contributed by atoms with E-state index in [2.05, 4.69) is 11.2 Å². The quantitative estimate of drug-likeness (QED) is 0.479. The van der Waals surface area contributed by atoms with Crippen LogP contribution in [0, 0.1) is 12.3 Å². The lowest BCUT2D eigenvalue weighted by atomic mass is 10.2. The Labute approximate surface area is 70.0 Å². The molecule has 0 atom stereocenters. The largest absolute Gasteiger partial charge is 0.320 e. The molecule has 0 saturated carbocycles. The zero-order valence-electron chi connectivity index (χ0n) is 6.52. The Kier molecular flexibility index (Phi) is 14.5. The predicted octanol–water partition coefficient (Wildman–Crippen LogP) is 1.82.